The van der Waals surface area contributed by atoms with Crippen molar-refractivity contribution in [2.24, 2.45) is 0 Å². The first-order valence-electron chi connectivity index (χ1n) is 9.43. The van der Waals surface area contributed by atoms with Gasteiger partial charge in [0, 0.05) is 16.7 Å². The van der Waals surface area contributed by atoms with Crippen LogP contribution >= 0.6 is 0 Å². The molecule has 1 aliphatic heterocycles. The molecule has 1 heterocycles. The molecule has 0 amide bonds. The highest BCUT2D eigenvalue weighted by atomic mass is 16.7. The van der Waals surface area contributed by atoms with E-state index in [2.05, 4.69) is 18.8 Å². The summed E-state index contributed by atoms with van der Waals surface area (Å²) in [4.78, 5) is 0. The van der Waals surface area contributed by atoms with Crippen LogP contribution in [-0.2, 0) is 9.47 Å². The van der Waals surface area contributed by atoms with Gasteiger partial charge >= 0.3 is 0 Å². The maximum atomic E-state index is 5.76. The van der Waals surface area contributed by atoms with E-state index in [0.29, 0.717) is 13.2 Å². The fourth-order valence-electron chi connectivity index (χ4n) is 2.77. The maximum Gasteiger partial charge on any atom is 0.184 e. The summed E-state index contributed by atoms with van der Waals surface area (Å²) in [6.07, 6.45) is 4.64. The van der Waals surface area contributed by atoms with Gasteiger partial charge in [-0.2, -0.15) is 0 Å². The Balaban J connectivity index is 1.51. The smallest absolute Gasteiger partial charge is 0.184 e. The van der Waals surface area contributed by atoms with Gasteiger partial charge in [-0.25, -0.2) is 0 Å². The zero-order valence-corrected chi connectivity index (χ0v) is 15.4. The molecule has 1 saturated heterocycles. The van der Waals surface area contributed by atoms with Gasteiger partial charge in [0.15, 0.2) is 6.29 Å². The van der Waals surface area contributed by atoms with E-state index in [1.165, 1.54) is 19.3 Å². The molecule has 3 heteroatoms. The minimum Gasteiger partial charge on any atom is -0.494 e. The van der Waals surface area contributed by atoms with Crippen LogP contribution in [0.3, 0.4) is 0 Å². The third kappa shape index (κ3) is 5.62. The first kappa shape index (κ1) is 18.5. The van der Waals surface area contributed by atoms with Crippen LogP contribution in [0.1, 0.15) is 55.6 Å². The fraction of sp³-hybridized carbons (Fsp3) is 0.391. The molecule has 0 radical (unpaired) electrons. The summed E-state index contributed by atoms with van der Waals surface area (Å²) in [5.74, 6) is 7.30. The molecule has 0 bridgehead atoms. The van der Waals surface area contributed by atoms with Crippen LogP contribution in [0.2, 0.25) is 0 Å². The average molecular weight is 350 g/mol. The fourth-order valence-corrected chi connectivity index (χ4v) is 2.77. The molecule has 2 aromatic carbocycles. The van der Waals surface area contributed by atoms with Crippen molar-refractivity contribution >= 4 is 0 Å². The molecule has 2 aromatic rings. The Morgan fingerprint density at radius 1 is 0.846 bits per heavy atom. The van der Waals surface area contributed by atoms with E-state index in [1.807, 2.05) is 48.5 Å². The number of ether oxygens (including phenoxy) is 3. The van der Waals surface area contributed by atoms with E-state index in [0.717, 1.165) is 35.5 Å². The summed E-state index contributed by atoms with van der Waals surface area (Å²) in [6, 6.07) is 16.0. The van der Waals surface area contributed by atoms with Gasteiger partial charge in [0.25, 0.3) is 0 Å². The number of unbranched alkanes of at least 4 members (excludes halogenated alkanes) is 3. The first-order chi connectivity index (χ1) is 12.8. The van der Waals surface area contributed by atoms with Gasteiger partial charge in [0.1, 0.15) is 5.75 Å². The van der Waals surface area contributed by atoms with Crippen LogP contribution in [0.15, 0.2) is 48.5 Å². The minimum atomic E-state index is -0.230. The van der Waals surface area contributed by atoms with E-state index >= 15 is 0 Å². The average Bonchev–Trinajstić information content (AvgIpc) is 3.22. The maximum absolute atomic E-state index is 5.76. The Morgan fingerprint density at radius 2 is 1.46 bits per heavy atom. The Kier molecular flexibility index (Phi) is 7.13. The number of hydrogen-bond donors (Lipinski definition) is 0. The van der Waals surface area contributed by atoms with Gasteiger partial charge in [-0.15, -0.1) is 0 Å². The van der Waals surface area contributed by atoms with Gasteiger partial charge in [0.05, 0.1) is 19.8 Å². The van der Waals surface area contributed by atoms with Crippen molar-refractivity contribution in [2.75, 3.05) is 19.8 Å². The molecule has 26 heavy (non-hydrogen) atoms. The van der Waals surface area contributed by atoms with Gasteiger partial charge < -0.3 is 14.2 Å². The van der Waals surface area contributed by atoms with Crippen LogP contribution in [0.4, 0.5) is 0 Å². The van der Waals surface area contributed by atoms with E-state index in [4.69, 9.17) is 14.2 Å². The van der Waals surface area contributed by atoms with Crippen molar-refractivity contribution in [3.05, 3.63) is 65.2 Å². The van der Waals surface area contributed by atoms with Crippen LogP contribution in [0, 0.1) is 11.8 Å². The summed E-state index contributed by atoms with van der Waals surface area (Å²) in [6.45, 7) is 4.31. The number of benzene rings is 2. The van der Waals surface area contributed by atoms with Gasteiger partial charge in [-0.05, 0) is 42.8 Å². The van der Waals surface area contributed by atoms with E-state index in [-0.39, 0.29) is 6.29 Å². The molecule has 136 valence electrons. The summed E-state index contributed by atoms with van der Waals surface area (Å²) >= 11 is 0. The molecule has 0 aliphatic carbocycles. The highest BCUT2D eigenvalue weighted by Crippen LogP contribution is 2.23. The molecule has 0 aromatic heterocycles. The predicted octanol–water partition coefficient (Wildman–Crippen LogP) is 5.09. The monoisotopic (exact) mass is 350 g/mol. The third-order valence-corrected chi connectivity index (χ3v) is 4.28. The molecule has 3 nitrogen and oxygen atoms in total. The molecule has 0 unspecified atom stereocenters. The third-order valence-electron chi connectivity index (χ3n) is 4.28. The standard InChI is InChI=1S/C23H26O3/c1-2-3-4-5-16-24-22-14-10-20(11-15-22)7-6-19-8-12-21(13-9-19)23-25-17-18-26-23/h8-15,23H,2-5,16-18H2,1H3. The highest BCUT2D eigenvalue weighted by molar-refractivity contribution is 5.44. The Morgan fingerprint density at radius 3 is 2.08 bits per heavy atom. The highest BCUT2D eigenvalue weighted by Gasteiger charge is 2.17. The molecule has 1 fully saturated rings. The Labute approximate surface area is 156 Å². The van der Waals surface area contributed by atoms with Crippen LogP contribution < -0.4 is 4.74 Å². The molecular formula is C23H26O3. The minimum absolute atomic E-state index is 0.230. The molecule has 0 atom stereocenters. The van der Waals surface area contributed by atoms with Crippen molar-refractivity contribution < 1.29 is 14.2 Å². The second-order valence-corrected chi connectivity index (χ2v) is 6.38. The molecule has 0 saturated carbocycles. The second-order valence-electron chi connectivity index (χ2n) is 6.38. The van der Waals surface area contributed by atoms with Crippen molar-refractivity contribution in [2.45, 2.75) is 38.9 Å². The normalized spacial score (nSPS) is 14.0. The second kappa shape index (κ2) is 10.0. The van der Waals surface area contributed by atoms with E-state index < -0.39 is 0 Å². The van der Waals surface area contributed by atoms with E-state index in [1.54, 1.807) is 0 Å². The Bertz CT molecular complexity index is 717. The number of hydrogen-bond acceptors (Lipinski definition) is 3. The van der Waals surface area contributed by atoms with Gasteiger partial charge in [0.2, 0.25) is 0 Å². The van der Waals surface area contributed by atoms with E-state index in [9.17, 15) is 0 Å². The lowest BCUT2D eigenvalue weighted by molar-refractivity contribution is -0.0441. The van der Waals surface area contributed by atoms with Gasteiger partial charge in [-0.3, -0.25) is 0 Å². The lowest BCUT2D eigenvalue weighted by atomic mass is 10.1. The molecule has 3 rings (SSSR count). The lowest BCUT2D eigenvalue weighted by Gasteiger charge is -2.08. The quantitative estimate of drug-likeness (QED) is 0.514. The summed E-state index contributed by atoms with van der Waals surface area (Å²) in [7, 11) is 0. The van der Waals surface area contributed by atoms with Crippen LogP contribution in [-0.4, -0.2) is 19.8 Å². The Hall–Kier alpha value is -2.28. The predicted molar refractivity (Wildman–Crippen MR) is 103 cm³/mol. The summed E-state index contributed by atoms with van der Waals surface area (Å²) in [5.41, 5.74) is 2.99. The largest absolute Gasteiger partial charge is 0.494 e. The van der Waals surface area contributed by atoms with Crippen molar-refractivity contribution in [1.29, 1.82) is 0 Å². The van der Waals surface area contributed by atoms with Crippen molar-refractivity contribution in [3.63, 3.8) is 0 Å². The van der Waals surface area contributed by atoms with Crippen LogP contribution in [0.5, 0.6) is 5.75 Å². The topological polar surface area (TPSA) is 27.7 Å². The SMILES string of the molecule is CCCCCCOc1ccc(C#Cc2ccc(C3OCCO3)cc2)cc1. The molecule has 0 spiro atoms. The molecule has 0 N–H and O–H groups in total. The van der Waals surface area contributed by atoms with Crippen molar-refractivity contribution in [3.8, 4) is 17.6 Å². The zero-order chi connectivity index (χ0) is 18.0. The summed E-state index contributed by atoms with van der Waals surface area (Å²) in [5, 5.41) is 0. The molecular weight excluding hydrogens is 324 g/mol. The molecule has 1 aliphatic rings. The first-order valence-corrected chi connectivity index (χ1v) is 9.43. The van der Waals surface area contributed by atoms with Gasteiger partial charge in [-0.1, -0.05) is 50.2 Å². The lowest BCUT2D eigenvalue weighted by Crippen LogP contribution is -1.97. The summed E-state index contributed by atoms with van der Waals surface area (Å²) < 4.78 is 16.8. The van der Waals surface area contributed by atoms with Crippen molar-refractivity contribution in [1.82, 2.24) is 0 Å². The zero-order valence-electron chi connectivity index (χ0n) is 15.4. The number of rotatable bonds is 7. The van der Waals surface area contributed by atoms with Crippen LogP contribution in [0.25, 0.3) is 0 Å².